The van der Waals surface area contributed by atoms with Gasteiger partial charge in [-0.15, -0.1) is 0 Å². The standard InChI is InChI=1S/C12H17F.C11H15F.C11H16.3C2H6/c1-8(2)11-6-5-10(13)7-12(11)9(3)4;1-4-9-5-6-10(12)7-11(9)8(2)3;1-8(2)11-6-5-9(3)7-10(11)4;3*1-2/h5-9H,1-4H3;5-8H,4H2,1-3H3;5-8H,1-4H3;3*1-2H3. The fourth-order valence-electron chi connectivity index (χ4n) is 4.47. The first-order valence-electron chi connectivity index (χ1n) is 16.4. The predicted molar refractivity (Wildman–Crippen MR) is 188 cm³/mol. The zero-order chi connectivity index (χ0) is 33.6. The summed E-state index contributed by atoms with van der Waals surface area (Å²) in [6.45, 7) is 35.5. The molecule has 0 bridgehead atoms. The zero-order valence-corrected chi connectivity index (χ0v) is 30.5. The van der Waals surface area contributed by atoms with Crippen molar-refractivity contribution in [2.24, 2.45) is 0 Å². The van der Waals surface area contributed by atoms with Crippen molar-refractivity contribution in [3.8, 4) is 0 Å². The molecule has 0 unspecified atom stereocenters. The second kappa shape index (κ2) is 25.1. The maximum atomic E-state index is 13.0. The number of hydrogen-bond acceptors (Lipinski definition) is 0. The molecule has 0 radical (unpaired) electrons. The molecule has 0 aromatic heterocycles. The van der Waals surface area contributed by atoms with Crippen LogP contribution in [0.4, 0.5) is 8.78 Å². The fraction of sp³-hybridized carbons (Fsp3) is 0.550. The van der Waals surface area contributed by atoms with Gasteiger partial charge in [0, 0.05) is 0 Å². The Morgan fingerprint density at radius 2 is 0.857 bits per heavy atom. The van der Waals surface area contributed by atoms with Gasteiger partial charge in [-0.25, -0.2) is 8.78 Å². The van der Waals surface area contributed by atoms with Gasteiger partial charge in [0.15, 0.2) is 0 Å². The molecule has 0 spiro atoms. The average molecular weight is 585 g/mol. The highest BCUT2D eigenvalue weighted by atomic mass is 19.1. The molecule has 42 heavy (non-hydrogen) atoms. The van der Waals surface area contributed by atoms with Crippen molar-refractivity contribution in [1.29, 1.82) is 0 Å². The van der Waals surface area contributed by atoms with Crippen LogP contribution in [0.25, 0.3) is 0 Å². The van der Waals surface area contributed by atoms with E-state index in [0.29, 0.717) is 23.7 Å². The summed E-state index contributed by atoms with van der Waals surface area (Å²) in [5.74, 6) is 1.67. The van der Waals surface area contributed by atoms with Gasteiger partial charge in [0.25, 0.3) is 0 Å². The Morgan fingerprint density at radius 1 is 0.476 bits per heavy atom. The van der Waals surface area contributed by atoms with E-state index in [-0.39, 0.29) is 11.6 Å². The van der Waals surface area contributed by atoms with Gasteiger partial charge in [-0.3, -0.25) is 0 Å². The molecule has 240 valence electrons. The second-order valence-electron chi connectivity index (χ2n) is 10.9. The van der Waals surface area contributed by atoms with Gasteiger partial charge in [0.1, 0.15) is 11.6 Å². The van der Waals surface area contributed by atoms with Crippen molar-refractivity contribution in [3.63, 3.8) is 0 Å². The summed E-state index contributed by atoms with van der Waals surface area (Å²) in [5, 5.41) is 0. The van der Waals surface area contributed by atoms with Gasteiger partial charge in [0.2, 0.25) is 0 Å². The van der Waals surface area contributed by atoms with Gasteiger partial charge in [-0.2, -0.15) is 0 Å². The summed E-state index contributed by atoms with van der Waals surface area (Å²) in [7, 11) is 0. The molecule has 0 N–H and O–H groups in total. The van der Waals surface area contributed by atoms with Gasteiger partial charge >= 0.3 is 0 Å². The maximum absolute atomic E-state index is 13.0. The van der Waals surface area contributed by atoms with Gasteiger partial charge in [-0.05, 0) is 102 Å². The van der Waals surface area contributed by atoms with E-state index in [1.54, 1.807) is 18.2 Å². The molecule has 0 nitrogen and oxygen atoms in total. The van der Waals surface area contributed by atoms with Crippen molar-refractivity contribution in [2.75, 3.05) is 0 Å². The summed E-state index contributed by atoms with van der Waals surface area (Å²) in [4.78, 5) is 0. The predicted octanol–water partition coefficient (Wildman–Crippen LogP) is 14.1. The lowest BCUT2D eigenvalue weighted by molar-refractivity contribution is 0.620. The van der Waals surface area contributed by atoms with E-state index < -0.39 is 0 Å². The molecular formula is C40H66F2. The Bertz CT molecular complexity index is 1070. The van der Waals surface area contributed by atoms with E-state index in [9.17, 15) is 8.78 Å². The number of aryl methyl sites for hydroxylation is 3. The minimum Gasteiger partial charge on any atom is -0.207 e. The van der Waals surface area contributed by atoms with Crippen molar-refractivity contribution < 1.29 is 8.78 Å². The average Bonchev–Trinajstić information content (AvgIpc) is 2.96. The molecule has 0 atom stereocenters. The van der Waals surface area contributed by atoms with Crippen LogP contribution in [-0.2, 0) is 6.42 Å². The first-order valence-corrected chi connectivity index (χ1v) is 16.4. The monoisotopic (exact) mass is 585 g/mol. The molecule has 0 saturated carbocycles. The molecule has 0 aliphatic heterocycles. The minimum absolute atomic E-state index is 0.129. The number of benzene rings is 3. The second-order valence-corrected chi connectivity index (χ2v) is 10.9. The first kappa shape index (κ1) is 44.0. The lowest BCUT2D eigenvalue weighted by atomic mass is 9.91. The normalized spacial score (nSPS) is 9.79. The third-order valence-electron chi connectivity index (χ3n) is 6.45. The maximum Gasteiger partial charge on any atom is 0.123 e. The molecule has 3 aromatic rings. The van der Waals surface area contributed by atoms with E-state index in [1.807, 2.05) is 53.7 Å². The third kappa shape index (κ3) is 16.8. The Hall–Kier alpha value is -2.48. The van der Waals surface area contributed by atoms with Crippen LogP contribution in [0.2, 0.25) is 0 Å². The minimum atomic E-state index is -0.131. The largest absolute Gasteiger partial charge is 0.207 e. The number of hydrogen-bond donors (Lipinski definition) is 0. The first-order chi connectivity index (χ1) is 19.8. The van der Waals surface area contributed by atoms with Crippen LogP contribution < -0.4 is 0 Å². The van der Waals surface area contributed by atoms with Crippen LogP contribution in [0, 0.1) is 25.5 Å². The van der Waals surface area contributed by atoms with Crippen LogP contribution >= 0.6 is 0 Å². The van der Waals surface area contributed by atoms with E-state index in [1.165, 1.54) is 33.9 Å². The van der Waals surface area contributed by atoms with Crippen molar-refractivity contribution in [3.05, 3.63) is 105 Å². The Morgan fingerprint density at radius 3 is 1.24 bits per heavy atom. The number of halogens is 2. The Labute approximate surface area is 261 Å². The van der Waals surface area contributed by atoms with Crippen molar-refractivity contribution in [2.45, 2.75) is 148 Å². The van der Waals surface area contributed by atoms with Crippen molar-refractivity contribution >= 4 is 0 Å². The summed E-state index contributed by atoms with van der Waals surface area (Å²) in [5.41, 5.74) is 9.03. The van der Waals surface area contributed by atoms with Crippen LogP contribution in [0.15, 0.2) is 54.6 Å². The zero-order valence-electron chi connectivity index (χ0n) is 30.5. The summed E-state index contributed by atoms with van der Waals surface area (Å²) in [6.07, 6.45) is 0.980. The molecular weight excluding hydrogens is 518 g/mol. The molecule has 0 amide bonds. The van der Waals surface area contributed by atoms with E-state index >= 15 is 0 Å². The Kier molecular flexibility index (Phi) is 26.2. The van der Waals surface area contributed by atoms with Crippen LogP contribution in [0.5, 0.6) is 0 Å². The lowest BCUT2D eigenvalue weighted by Gasteiger charge is -2.15. The highest BCUT2D eigenvalue weighted by Crippen LogP contribution is 2.26. The number of rotatable bonds is 5. The highest BCUT2D eigenvalue weighted by molar-refractivity contribution is 5.33. The van der Waals surface area contributed by atoms with Crippen LogP contribution in [-0.4, -0.2) is 0 Å². The summed E-state index contributed by atoms with van der Waals surface area (Å²) >= 11 is 0. The molecule has 3 rings (SSSR count). The lowest BCUT2D eigenvalue weighted by Crippen LogP contribution is -1.99. The quantitative estimate of drug-likeness (QED) is 0.280. The van der Waals surface area contributed by atoms with E-state index in [0.717, 1.165) is 17.5 Å². The summed E-state index contributed by atoms with van der Waals surface area (Å²) in [6, 6.07) is 16.8. The van der Waals surface area contributed by atoms with Crippen LogP contribution in [0.3, 0.4) is 0 Å². The van der Waals surface area contributed by atoms with Gasteiger partial charge in [0.05, 0.1) is 0 Å². The van der Waals surface area contributed by atoms with Gasteiger partial charge in [-0.1, -0.05) is 140 Å². The Balaban J connectivity index is -0.000000498. The molecule has 0 aliphatic rings. The molecule has 2 heteroatoms. The van der Waals surface area contributed by atoms with Crippen molar-refractivity contribution in [1.82, 2.24) is 0 Å². The molecule has 0 heterocycles. The molecule has 0 aliphatic carbocycles. The third-order valence-corrected chi connectivity index (χ3v) is 6.45. The molecule has 0 fully saturated rings. The SMILES string of the molecule is CC.CC.CC.CC(C)c1ccc(F)cc1C(C)C.CCc1ccc(F)cc1C(C)C.Cc1ccc(C(C)C)c(C)c1. The topological polar surface area (TPSA) is 0 Å². The fourth-order valence-corrected chi connectivity index (χ4v) is 4.47. The van der Waals surface area contributed by atoms with E-state index in [4.69, 9.17) is 0 Å². The van der Waals surface area contributed by atoms with E-state index in [2.05, 4.69) is 94.4 Å². The molecule has 3 aromatic carbocycles. The van der Waals surface area contributed by atoms with Gasteiger partial charge < -0.3 is 0 Å². The summed E-state index contributed by atoms with van der Waals surface area (Å²) < 4.78 is 25.8. The highest BCUT2D eigenvalue weighted by Gasteiger charge is 2.10. The smallest absolute Gasteiger partial charge is 0.123 e. The van der Waals surface area contributed by atoms with Crippen LogP contribution in [0.1, 0.15) is 166 Å². The molecule has 0 saturated heterocycles.